The molecule has 1 heterocycles. The average molecular weight is 123 g/mol. The monoisotopic (exact) mass is 123 g/mol. The van der Waals surface area contributed by atoms with Gasteiger partial charge in [-0.1, -0.05) is 19.6 Å². The first-order valence-corrected chi connectivity index (χ1v) is 3.45. The topological polar surface area (TPSA) is 3.24 Å². The lowest BCUT2D eigenvalue weighted by Gasteiger charge is -2.17. The lowest BCUT2D eigenvalue weighted by molar-refractivity contribution is 0.408. The van der Waals surface area contributed by atoms with Gasteiger partial charge in [-0.15, -0.1) is 0 Å². The number of hydrogen-bond donors (Lipinski definition) is 0. The van der Waals surface area contributed by atoms with E-state index in [1.54, 1.807) is 0 Å². The lowest BCUT2D eigenvalue weighted by atomic mass is 10.4. The maximum atomic E-state index is 3.89. The van der Waals surface area contributed by atoms with Crippen molar-refractivity contribution in [1.82, 2.24) is 4.90 Å². The fourth-order valence-corrected chi connectivity index (χ4v) is 1.04. The maximum Gasteiger partial charge on any atom is 0.0363 e. The Hall–Kier alpha value is -0.720. The number of allylic oxidation sites excluding steroid dienone is 1. The molecule has 0 bridgehead atoms. The summed E-state index contributed by atoms with van der Waals surface area (Å²) in [4.78, 5) is 2.28. The van der Waals surface area contributed by atoms with Crippen molar-refractivity contribution in [3.63, 3.8) is 0 Å². The predicted octanol–water partition coefficient (Wildman–Crippen LogP) is 1.78. The molecule has 0 radical (unpaired) electrons. The first-order chi connectivity index (χ1) is 4.34. The van der Waals surface area contributed by atoms with Gasteiger partial charge in [0, 0.05) is 18.8 Å². The minimum Gasteiger partial charge on any atom is -0.368 e. The minimum absolute atomic E-state index is 1.06. The van der Waals surface area contributed by atoms with Crippen molar-refractivity contribution >= 4 is 0 Å². The van der Waals surface area contributed by atoms with Crippen molar-refractivity contribution in [1.29, 1.82) is 0 Å². The van der Waals surface area contributed by atoms with Gasteiger partial charge in [-0.3, -0.25) is 0 Å². The molecule has 9 heavy (non-hydrogen) atoms. The molecule has 0 aliphatic carbocycles. The molecule has 1 aliphatic rings. The highest BCUT2D eigenvalue weighted by molar-refractivity contribution is 5.20. The summed E-state index contributed by atoms with van der Waals surface area (Å²) in [5, 5.41) is 0. The minimum atomic E-state index is 1.06. The highest BCUT2D eigenvalue weighted by Gasteiger charge is 2.05. The van der Waals surface area contributed by atoms with Crippen LogP contribution < -0.4 is 0 Å². The van der Waals surface area contributed by atoms with E-state index in [4.69, 9.17) is 0 Å². The second kappa shape index (κ2) is 2.72. The van der Waals surface area contributed by atoms with E-state index in [-0.39, 0.29) is 0 Å². The van der Waals surface area contributed by atoms with E-state index in [9.17, 15) is 0 Å². The Bertz CT molecular complexity index is 136. The first-order valence-electron chi connectivity index (χ1n) is 3.45. The van der Waals surface area contributed by atoms with E-state index in [1.165, 1.54) is 6.42 Å². The molecule has 0 unspecified atom stereocenters. The van der Waals surface area contributed by atoms with Crippen molar-refractivity contribution < 1.29 is 0 Å². The fraction of sp³-hybridized carbons (Fsp3) is 0.500. The molecule has 0 saturated carbocycles. The molecule has 0 aromatic carbocycles. The van der Waals surface area contributed by atoms with Crippen LogP contribution in [0.5, 0.6) is 0 Å². The van der Waals surface area contributed by atoms with Crippen molar-refractivity contribution in [2.75, 3.05) is 13.1 Å². The zero-order valence-electron chi connectivity index (χ0n) is 5.93. The Labute approximate surface area is 56.7 Å². The van der Waals surface area contributed by atoms with Gasteiger partial charge in [0.15, 0.2) is 0 Å². The van der Waals surface area contributed by atoms with Crippen molar-refractivity contribution in [3.8, 4) is 0 Å². The van der Waals surface area contributed by atoms with E-state index in [0.29, 0.717) is 0 Å². The highest BCUT2D eigenvalue weighted by Crippen LogP contribution is 2.10. The van der Waals surface area contributed by atoms with Gasteiger partial charge in [-0.2, -0.15) is 0 Å². The molecule has 0 aromatic heterocycles. The summed E-state index contributed by atoms with van der Waals surface area (Å²) in [7, 11) is 0. The van der Waals surface area contributed by atoms with Gasteiger partial charge < -0.3 is 4.90 Å². The molecule has 0 spiro atoms. The molecule has 0 saturated heterocycles. The fourth-order valence-electron chi connectivity index (χ4n) is 1.04. The number of rotatable bonds is 2. The van der Waals surface area contributed by atoms with Crippen LogP contribution >= 0.6 is 0 Å². The van der Waals surface area contributed by atoms with E-state index < -0.39 is 0 Å². The van der Waals surface area contributed by atoms with Gasteiger partial charge in [-0.25, -0.2) is 0 Å². The second-order valence-corrected chi connectivity index (χ2v) is 2.34. The number of nitrogens with zero attached hydrogens (tertiary/aromatic N) is 1. The Morgan fingerprint density at radius 1 is 1.78 bits per heavy atom. The van der Waals surface area contributed by atoms with Gasteiger partial charge in [0.25, 0.3) is 0 Å². The third-order valence-corrected chi connectivity index (χ3v) is 1.54. The summed E-state index contributed by atoms with van der Waals surface area (Å²) in [6, 6.07) is 0. The van der Waals surface area contributed by atoms with Crippen molar-refractivity contribution in [3.05, 3.63) is 24.4 Å². The second-order valence-electron chi connectivity index (χ2n) is 2.34. The third kappa shape index (κ3) is 1.35. The van der Waals surface area contributed by atoms with E-state index in [2.05, 4.69) is 30.6 Å². The quantitative estimate of drug-likeness (QED) is 0.541. The molecule has 0 N–H and O–H groups in total. The summed E-state index contributed by atoms with van der Waals surface area (Å²) in [6.07, 6.45) is 5.44. The Kier molecular flexibility index (Phi) is 1.93. The molecule has 0 fully saturated rings. The van der Waals surface area contributed by atoms with Gasteiger partial charge in [0.1, 0.15) is 0 Å². The van der Waals surface area contributed by atoms with E-state index in [0.717, 1.165) is 18.8 Å². The van der Waals surface area contributed by atoms with Gasteiger partial charge in [-0.05, 0) is 12.5 Å². The molecular formula is C8H13N. The molecule has 1 heteroatoms. The molecule has 0 atom stereocenters. The normalized spacial score (nSPS) is 17.4. The zero-order valence-corrected chi connectivity index (χ0v) is 5.93. The molecular weight excluding hydrogens is 110 g/mol. The zero-order chi connectivity index (χ0) is 6.69. The van der Waals surface area contributed by atoms with Gasteiger partial charge >= 0.3 is 0 Å². The Balaban J connectivity index is 2.37. The largest absolute Gasteiger partial charge is 0.368 e. The van der Waals surface area contributed by atoms with Crippen molar-refractivity contribution in [2.45, 2.75) is 13.3 Å². The summed E-state index contributed by atoms with van der Waals surface area (Å²) < 4.78 is 0. The highest BCUT2D eigenvalue weighted by atomic mass is 15.1. The van der Waals surface area contributed by atoms with E-state index in [1.807, 2.05) is 0 Å². The molecule has 1 rings (SSSR count). The predicted molar refractivity (Wildman–Crippen MR) is 40.1 cm³/mol. The van der Waals surface area contributed by atoms with Crippen LogP contribution in [0.2, 0.25) is 0 Å². The lowest BCUT2D eigenvalue weighted by Crippen LogP contribution is -2.18. The van der Waals surface area contributed by atoms with Crippen LogP contribution in [0.3, 0.4) is 0 Å². The van der Waals surface area contributed by atoms with Crippen LogP contribution in [0.25, 0.3) is 0 Å². The smallest absolute Gasteiger partial charge is 0.0363 e. The third-order valence-electron chi connectivity index (χ3n) is 1.54. The van der Waals surface area contributed by atoms with E-state index >= 15 is 0 Å². The van der Waals surface area contributed by atoms with Crippen LogP contribution in [0.15, 0.2) is 24.4 Å². The van der Waals surface area contributed by atoms with Crippen LogP contribution in [-0.2, 0) is 0 Å². The SMILES string of the molecule is C=C1C=CCN1CCC. The average Bonchev–Trinajstić information content (AvgIpc) is 2.18. The summed E-state index contributed by atoms with van der Waals surface area (Å²) >= 11 is 0. The van der Waals surface area contributed by atoms with Crippen molar-refractivity contribution in [2.24, 2.45) is 0 Å². The van der Waals surface area contributed by atoms with Crippen LogP contribution in [0, 0.1) is 0 Å². The number of hydrogen-bond acceptors (Lipinski definition) is 1. The standard InChI is InChI=1S/C8H13N/c1-3-6-9-7-4-5-8(9)2/h4-5H,2-3,6-7H2,1H3. The summed E-state index contributed by atoms with van der Waals surface area (Å²) in [5.74, 6) is 0. The van der Waals surface area contributed by atoms with Crippen LogP contribution in [0.4, 0.5) is 0 Å². The molecule has 0 amide bonds. The Morgan fingerprint density at radius 2 is 2.56 bits per heavy atom. The van der Waals surface area contributed by atoms with Crippen LogP contribution in [-0.4, -0.2) is 18.0 Å². The molecule has 1 nitrogen and oxygen atoms in total. The molecule has 0 aromatic rings. The molecule has 50 valence electrons. The summed E-state index contributed by atoms with van der Waals surface area (Å²) in [5.41, 5.74) is 1.16. The maximum absolute atomic E-state index is 3.89. The first kappa shape index (κ1) is 6.40. The van der Waals surface area contributed by atoms with Crippen LogP contribution in [0.1, 0.15) is 13.3 Å². The molecule has 1 aliphatic heterocycles. The summed E-state index contributed by atoms with van der Waals surface area (Å²) in [6.45, 7) is 8.29. The van der Waals surface area contributed by atoms with Gasteiger partial charge in [0.05, 0.1) is 0 Å². The Morgan fingerprint density at radius 3 is 3.00 bits per heavy atom. The van der Waals surface area contributed by atoms with Gasteiger partial charge in [0.2, 0.25) is 0 Å².